The molecule has 0 saturated carbocycles. The Morgan fingerprint density at radius 2 is 2.12 bits per heavy atom. The number of hydrogen-bond acceptors (Lipinski definition) is 7. The number of carbonyl (C=O) groups is 2. The van der Waals surface area contributed by atoms with E-state index < -0.39 is 29.1 Å². The third-order valence-corrected chi connectivity index (χ3v) is 8.27. The number of hydrogen-bond donors (Lipinski definition) is 4. The Morgan fingerprint density at radius 1 is 1.39 bits per heavy atom. The van der Waals surface area contributed by atoms with Crippen molar-refractivity contribution in [3.63, 3.8) is 0 Å². The fourth-order valence-electron chi connectivity index (χ4n) is 5.83. The number of carbonyl (C=O) groups excluding carboxylic acids is 2. The molecule has 1 aromatic carbocycles. The first-order valence-corrected chi connectivity index (χ1v) is 14.0. The summed E-state index contributed by atoms with van der Waals surface area (Å²) >= 11 is 0. The fraction of sp³-hybridized carbons (Fsp3) is 0.516. The second-order valence-electron chi connectivity index (χ2n) is 11.1. The van der Waals surface area contributed by atoms with Crippen molar-refractivity contribution < 1.29 is 28.9 Å². The predicted molar refractivity (Wildman–Crippen MR) is 154 cm³/mol. The summed E-state index contributed by atoms with van der Waals surface area (Å²) in [5, 5.41) is 26.1. The monoisotopic (exact) mass is 564 g/mol. The summed E-state index contributed by atoms with van der Waals surface area (Å²) < 4.78 is 17.1. The van der Waals surface area contributed by atoms with Crippen LogP contribution in [0.4, 0.5) is 0 Å². The zero-order valence-corrected chi connectivity index (χ0v) is 24.4. The number of aliphatic hydroxyl groups is 1. The van der Waals surface area contributed by atoms with Gasteiger partial charge in [0.05, 0.1) is 25.1 Å². The molecule has 4 N–H and O–H groups in total. The van der Waals surface area contributed by atoms with Crippen LogP contribution in [0, 0.1) is 17.8 Å². The summed E-state index contributed by atoms with van der Waals surface area (Å²) in [5.41, 5.74) is -0.438. The topological polar surface area (TPSA) is 133 Å². The van der Waals surface area contributed by atoms with Gasteiger partial charge < -0.3 is 30.0 Å². The van der Waals surface area contributed by atoms with Crippen LogP contribution in [0.2, 0.25) is 0 Å². The van der Waals surface area contributed by atoms with Crippen LogP contribution in [-0.2, 0) is 14.3 Å². The molecule has 1 aromatic rings. The number of fused-ring (bicyclic) bond motifs is 1. The van der Waals surface area contributed by atoms with E-state index in [1.54, 1.807) is 44.4 Å². The predicted octanol–water partition coefficient (Wildman–Crippen LogP) is 3.18. The van der Waals surface area contributed by atoms with E-state index in [9.17, 15) is 14.7 Å². The van der Waals surface area contributed by atoms with E-state index >= 15 is 0 Å². The maximum Gasteiger partial charge on any atom is 0.251 e. The minimum atomic E-state index is -1.41. The minimum absolute atomic E-state index is 0.0371. The molecule has 3 aliphatic heterocycles. The lowest BCUT2D eigenvalue weighted by Gasteiger charge is -2.46. The van der Waals surface area contributed by atoms with Crippen molar-refractivity contribution in [2.24, 2.45) is 0 Å². The van der Waals surface area contributed by atoms with Crippen LogP contribution in [0.15, 0.2) is 41.7 Å². The number of nitrogens with zero attached hydrogens (tertiary/aromatic N) is 1. The molecule has 0 aliphatic carbocycles. The number of amides is 2. The van der Waals surface area contributed by atoms with Gasteiger partial charge in [0.1, 0.15) is 24.1 Å². The van der Waals surface area contributed by atoms with Gasteiger partial charge in [-0.3, -0.25) is 19.9 Å². The van der Waals surface area contributed by atoms with Gasteiger partial charge in [-0.05, 0) is 50.8 Å². The van der Waals surface area contributed by atoms with Crippen LogP contribution in [0.5, 0.6) is 5.75 Å². The summed E-state index contributed by atoms with van der Waals surface area (Å²) in [6.45, 7) is 7.64. The number of methoxy groups -OCH3 is 1. The summed E-state index contributed by atoms with van der Waals surface area (Å²) in [5.74, 6) is 2.72. The molecule has 220 valence electrons. The van der Waals surface area contributed by atoms with E-state index in [1.807, 2.05) is 20.8 Å². The van der Waals surface area contributed by atoms with E-state index in [2.05, 4.69) is 16.6 Å². The van der Waals surface area contributed by atoms with Gasteiger partial charge in [-0.2, -0.15) is 0 Å². The quantitative estimate of drug-likeness (QED) is 0.357. The minimum Gasteiger partial charge on any atom is -0.488 e. The lowest BCUT2D eigenvalue weighted by atomic mass is 9.85. The Bertz CT molecular complexity index is 1290. The van der Waals surface area contributed by atoms with Crippen molar-refractivity contribution in [1.82, 2.24) is 15.5 Å². The van der Waals surface area contributed by atoms with Crippen LogP contribution in [0.25, 0.3) is 0 Å². The molecule has 4 atom stereocenters. The molecule has 2 amide bonds. The van der Waals surface area contributed by atoms with Gasteiger partial charge in [-0.1, -0.05) is 26.0 Å². The van der Waals surface area contributed by atoms with E-state index in [0.29, 0.717) is 48.3 Å². The molecular weight excluding hydrogens is 524 g/mol. The summed E-state index contributed by atoms with van der Waals surface area (Å²) in [4.78, 5) is 28.6. The Labute approximate surface area is 241 Å². The highest BCUT2D eigenvalue weighted by Crippen LogP contribution is 2.41. The highest BCUT2D eigenvalue weighted by molar-refractivity contribution is 6.00. The van der Waals surface area contributed by atoms with Crippen molar-refractivity contribution in [1.29, 1.82) is 5.41 Å². The smallest absolute Gasteiger partial charge is 0.251 e. The second-order valence-corrected chi connectivity index (χ2v) is 11.1. The molecule has 0 radical (unpaired) electrons. The molecule has 10 heteroatoms. The number of nitrogens with one attached hydrogen (secondary N) is 3. The Hall–Kier alpha value is -3.81. The molecule has 10 nitrogen and oxygen atoms in total. The molecule has 3 heterocycles. The van der Waals surface area contributed by atoms with Gasteiger partial charge in [-0.25, -0.2) is 0 Å². The summed E-state index contributed by atoms with van der Waals surface area (Å²) in [6.07, 6.45) is 10.9. The number of benzene rings is 1. The average molecular weight is 565 g/mol. The number of allylic oxidation sites excluding steroid dienone is 2. The van der Waals surface area contributed by atoms with Crippen LogP contribution in [0.1, 0.15) is 75.3 Å². The lowest BCUT2D eigenvalue weighted by Crippen LogP contribution is -2.63. The normalized spacial score (nSPS) is 27.4. The first kappa shape index (κ1) is 30.2. The lowest BCUT2D eigenvalue weighted by molar-refractivity contribution is -0.133. The van der Waals surface area contributed by atoms with Gasteiger partial charge >= 0.3 is 0 Å². The van der Waals surface area contributed by atoms with E-state index in [0.717, 1.165) is 0 Å². The second kappa shape index (κ2) is 12.0. The summed E-state index contributed by atoms with van der Waals surface area (Å²) in [6, 6.07) is 3.66. The standard InChI is InChI=1S/C31H40N4O6/c1-7-11-21-24(8-2)40-18-30(5,38)27(21)33-28(37)19-12-13-25-22(14-19)23(15-20(41-25)17-39-6)35-26(36)16-31(9-3,10-4)34-29(35)32/h2,7,11-14,20,23,27,38H,9-10,15-18H2,1,3-6H3,(H2,32,34)(H,33,37)/b11-7-/t20-,23+,27+,30+/m0/s1. The van der Waals surface area contributed by atoms with E-state index in [-0.39, 0.29) is 36.8 Å². The zero-order chi connectivity index (χ0) is 29.9. The largest absolute Gasteiger partial charge is 0.488 e. The third kappa shape index (κ3) is 5.83. The van der Waals surface area contributed by atoms with Crippen molar-refractivity contribution >= 4 is 17.8 Å². The van der Waals surface area contributed by atoms with Gasteiger partial charge in [0.2, 0.25) is 5.91 Å². The molecule has 0 aromatic heterocycles. The van der Waals surface area contributed by atoms with E-state index in [1.165, 1.54) is 4.90 Å². The number of ether oxygens (including phenoxy) is 3. The third-order valence-electron chi connectivity index (χ3n) is 8.27. The van der Waals surface area contributed by atoms with Crippen LogP contribution < -0.4 is 15.4 Å². The Balaban J connectivity index is 1.69. The van der Waals surface area contributed by atoms with E-state index in [4.69, 9.17) is 26.0 Å². The highest BCUT2D eigenvalue weighted by Gasteiger charge is 2.45. The molecule has 4 rings (SSSR count). The SMILES string of the molecule is C#CC1=C(/C=C\C)[C@@H](NC(=O)c2ccc3c(c2)[C@H](N2C(=N)NC(CC)(CC)CC2=O)C[C@@H](COC)O3)[C@](C)(O)CO1. The molecule has 0 spiro atoms. The number of terminal acetylenes is 1. The zero-order valence-electron chi connectivity index (χ0n) is 24.4. The van der Waals surface area contributed by atoms with Gasteiger partial charge in [-0.15, -0.1) is 6.42 Å². The van der Waals surface area contributed by atoms with Crippen molar-refractivity contribution in [2.45, 2.75) is 82.7 Å². The van der Waals surface area contributed by atoms with Crippen molar-refractivity contribution in [3.05, 3.63) is 52.8 Å². The molecule has 1 saturated heterocycles. The molecule has 41 heavy (non-hydrogen) atoms. The van der Waals surface area contributed by atoms with Crippen LogP contribution >= 0.6 is 0 Å². The van der Waals surface area contributed by atoms with Gasteiger partial charge in [0.25, 0.3) is 5.91 Å². The van der Waals surface area contributed by atoms with Crippen LogP contribution in [-0.4, -0.2) is 71.4 Å². The Morgan fingerprint density at radius 3 is 2.73 bits per heavy atom. The number of guanidine groups is 1. The van der Waals surface area contributed by atoms with Gasteiger partial charge in [0, 0.05) is 35.8 Å². The van der Waals surface area contributed by atoms with Crippen molar-refractivity contribution in [2.75, 3.05) is 20.3 Å². The molecule has 0 unspecified atom stereocenters. The maximum atomic E-state index is 13.6. The fourth-order valence-corrected chi connectivity index (χ4v) is 5.83. The first-order valence-electron chi connectivity index (χ1n) is 14.0. The van der Waals surface area contributed by atoms with Crippen molar-refractivity contribution in [3.8, 4) is 18.1 Å². The number of rotatable bonds is 8. The molecular formula is C31H40N4O6. The Kier molecular flexibility index (Phi) is 8.80. The summed E-state index contributed by atoms with van der Waals surface area (Å²) in [7, 11) is 1.58. The molecule has 0 bridgehead atoms. The molecule has 3 aliphatic rings. The average Bonchev–Trinajstić information content (AvgIpc) is 2.94. The highest BCUT2D eigenvalue weighted by atomic mass is 16.5. The first-order chi connectivity index (χ1) is 19.5. The van der Waals surface area contributed by atoms with Crippen LogP contribution in [0.3, 0.4) is 0 Å². The maximum absolute atomic E-state index is 13.6. The van der Waals surface area contributed by atoms with Gasteiger partial charge in [0.15, 0.2) is 11.7 Å². The molecule has 1 fully saturated rings.